The first-order chi connectivity index (χ1) is 13.5. The molecular formula is C23H31ClN2O2. The van der Waals surface area contributed by atoms with Gasteiger partial charge in [0, 0.05) is 19.0 Å². The van der Waals surface area contributed by atoms with Crippen molar-refractivity contribution in [1.29, 1.82) is 0 Å². The van der Waals surface area contributed by atoms with Crippen molar-refractivity contribution < 1.29 is 9.59 Å². The van der Waals surface area contributed by atoms with E-state index in [1.165, 1.54) is 38.5 Å². The molecule has 5 heteroatoms. The smallest absolute Gasteiger partial charge is 0.252 e. The Balaban J connectivity index is 1.29. The van der Waals surface area contributed by atoms with Gasteiger partial charge in [0.05, 0.1) is 10.6 Å². The van der Waals surface area contributed by atoms with Gasteiger partial charge in [0.25, 0.3) is 5.91 Å². The highest BCUT2D eigenvalue weighted by molar-refractivity contribution is 6.33. The molecule has 0 aliphatic heterocycles. The molecule has 0 aromatic heterocycles. The molecular weight excluding hydrogens is 372 g/mol. The van der Waals surface area contributed by atoms with E-state index in [2.05, 4.69) is 17.6 Å². The molecule has 0 unspecified atom stereocenters. The zero-order valence-electron chi connectivity index (χ0n) is 16.7. The molecule has 0 saturated heterocycles. The van der Waals surface area contributed by atoms with Gasteiger partial charge in [-0.2, -0.15) is 0 Å². The lowest BCUT2D eigenvalue weighted by molar-refractivity contribution is -0.126. The van der Waals surface area contributed by atoms with E-state index in [1.54, 1.807) is 24.3 Å². The van der Waals surface area contributed by atoms with Gasteiger partial charge in [-0.1, -0.05) is 30.7 Å². The highest BCUT2D eigenvalue weighted by Gasteiger charge is 2.53. The molecule has 1 aromatic rings. The Hall–Kier alpha value is -1.55. The van der Waals surface area contributed by atoms with E-state index in [4.69, 9.17) is 11.6 Å². The number of carbonyl (C=O) groups is 2. The van der Waals surface area contributed by atoms with E-state index in [-0.39, 0.29) is 17.9 Å². The molecule has 4 fully saturated rings. The maximum atomic E-state index is 12.6. The summed E-state index contributed by atoms with van der Waals surface area (Å²) in [5.41, 5.74) is 0.768. The Morgan fingerprint density at radius 3 is 2.29 bits per heavy atom. The van der Waals surface area contributed by atoms with Crippen molar-refractivity contribution in [1.82, 2.24) is 10.6 Å². The monoisotopic (exact) mass is 402 g/mol. The predicted octanol–water partition coefficient (Wildman–Crippen LogP) is 4.57. The minimum atomic E-state index is -0.230. The molecule has 4 aliphatic rings. The summed E-state index contributed by atoms with van der Waals surface area (Å²) < 4.78 is 0. The van der Waals surface area contributed by atoms with E-state index >= 15 is 0 Å². The molecule has 1 aromatic carbocycles. The van der Waals surface area contributed by atoms with Gasteiger partial charge >= 0.3 is 0 Å². The van der Waals surface area contributed by atoms with E-state index in [9.17, 15) is 9.59 Å². The van der Waals surface area contributed by atoms with Crippen LogP contribution in [0.1, 0.15) is 68.6 Å². The van der Waals surface area contributed by atoms with Crippen LogP contribution in [0.25, 0.3) is 0 Å². The van der Waals surface area contributed by atoms with Gasteiger partial charge in [0.1, 0.15) is 0 Å². The van der Waals surface area contributed by atoms with Gasteiger partial charge in [-0.05, 0) is 80.2 Å². The fourth-order valence-corrected chi connectivity index (χ4v) is 6.81. The van der Waals surface area contributed by atoms with Gasteiger partial charge in [-0.25, -0.2) is 0 Å². The minimum Gasteiger partial charge on any atom is -0.353 e. The number of hydrogen-bond donors (Lipinski definition) is 2. The second-order valence-corrected chi connectivity index (χ2v) is 9.70. The van der Waals surface area contributed by atoms with Crippen LogP contribution in [0.5, 0.6) is 0 Å². The maximum Gasteiger partial charge on any atom is 0.252 e. The van der Waals surface area contributed by atoms with Gasteiger partial charge in [-0.3, -0.25) is 9.59 Å². The molecule has 0 heterocycles. The first-order valence-corrected chi connectivity index (χ1v) is 11.2. The molecule has 0 radical (unpaired) electrons. The van der Waals surface area contributed by atoms with Crippen molar-refractivity contribution >= 4 is 23.4 Å². The summed E-state index contributed by atoms with van der Waals surface area (Å²) in [6, 6.07) is 7.23. The second-order valence-electron chi connectivity index (χ2n) is 9.29. The van der Waals surface area contributed by atoms with Crippen LogP contribution in [-0.4, -0.2) is 24.4 Å². The first kappa shape index (κ1) is 19.8. The molecule has 4 bridgehead atoms. The predicted molar refractivity (Wildman–Crippen MR) is 111 cm³/mol. The minimum absolute atomic E-state index is 0.0436. The first-order valence-electron chi connectivity index (χ1n) is 10.8. The van der Waals surface area contributed by atoms with E-state index in [0.29, 0.717) is 29.0 Å². The summed E-state index contributed by atoms with van der Waals surface area (Å²) in [7, 11) is 0. The second kappa shape index (κ2) is 8.06. The third-order valence-corrected chi connectivity index (χ3v) is 7.65. The lowest BCUT2D eigenvalue weighted by Crippen LogP contribution is -2.56. The molecule has 152 valence electrons. The molecule has 28 heavy (non-hydrogen) atoms. The Kier molecular flexibility index (Phi) is 5.69. The number of hydrogen-bond acceptors (Lipinski definition) is 2. The Labute approximate surface area is 172 Å². The topological polar surface area (TPSA) is 58.2 Å². The van der Waals surface area contributed by atoms with Crippen LogP contribution in [-0.2, 0) is 4.79 Å². The highest BCUT2D eigenvalue weighted by atomic mass is 35.5. The maximum absolute atomic E-state index is 12.6. The Bertz CT molecular complexity index is 713. The van der Waals surface area contributed by atoms with Gasteiger partial charge in [0.2, 0.25) is 5.91 Å². The van der Waals surface area contributed by atoms with Crippen molar-refractivity contribution in [3.63, 3.8) is 0 Å². The van der Waals surface area contributed by atoms with Crippen LogP contribution < -0.4 is 10.6 Å². The quantitative estimate of drug-likeness (QED) is 0.701. The van der Waals surface area contributed by atoms with Gasteiger partial charge < -0.3 is 10.6 Å². The summed E-state index contributed by atoms with van der Waals surface area (Å²) in [4.78, 5) is 24.8. The molecule has 2 amide bonds. The van der Waals surface area contributed by atoms with Crippen molar-refractivity contribution in [2.24, 2.45) is 23.2 Å². The molecule has 1 atom stereocenters. The van der Waals surface area contributed by atoms with Crippen LogP contribution >= 0.6 is 11.6 Å². The average Bonchev–Trinajstić information content (AvgIpc) is 2.65. The number of benzene rings is 1. The molecule has 4 aliphatic carbocycles. The Morgan fingerprint density at radius 1 is 1.11 bits per heavy atom. The van der Waals surface area contributed by atoms with E-state index in [0.717, 1.165) is 24.2 Å². The number of amides is 2. The number of halogens is 1. The third-order valence-electron chi connectivity index (χ3n) is 7.32. The lowest BCUT2D eigenvalue weighted by Gasteiger charge is -2.59. The van der Waals surface area contributed by atoms with Gasteiger partial charge in [0.15, 0.2) is 0 Å². The normalized spacial score (nSPS) is 31.4. The average molecular weight is 403 g/mol. The summed E-state index contributed by atoms with van der Waals surface area (Å²) >= 11 is 6.06. The Morgan fingerprint density at radius 2 is 1.71 bits per heavy atom. The SMILES string of the molecule is CC[C@H](NC(=O)CCNC(=O)c1ccccc1Cl)C12CC3CC(CC(C3)C1)C2. The molecule has 4 nitrogen and oxygen atoms in total. The van der Waals surface area contributed by atoms with Crippen LogP contribution in [0.3, 0.4) is 0 Å². The van der Waals surface area contributed by atoms with E-state index in [1.807, 2.05) is 0 Å². The van der Waals surface area contributed by atoms with Crippen LogP contribution in [0.15, 0.2) is 24.3 Å². The number of nitrogens with one attached hydrogen (secondary N) is 2. The zero-order chi connectivity index (χ0) is 19.7. The molecule has 5 rings (SSSR count). The zero-order valence-corrected chi connectivity index (χ0v) is 17.4. The van der Waals surface area contributed by atoms with Crippen molar-refractivity contribution in [3.05, 3.63) is 34.9 Å². The standard InChI is InChI=1S/C23H31ClN2O2/c1-2-20(23-12-15-9-16(13-23)11-17(10-15)14-23)26-21(27)7-8-25-22(28)18-5-3-4-6-19(18)24/h3-6,15-17,20H,2,7-14H2,1H3,(H,25,28)(H,26,27)/t15?,16?,17?,20-,23?/m0/s1. The molecule has 0 spiro atoms. The highest BCUT2D eigenvalue weighted by Crippen LogP contribution is 2.61. The number of rotatable bonds is 7. The summed E-state index contributed by atoms with van der Waals surface area (Å²) in [5, 5.41) is 6.57. The van der Waals surface area contributed by atoms with Crippen LogP contribution in [0.4, 0.5) is 0 Å². The van der Waals surface area contributed by atoms with Crippen molar-refractivity contribution in [2.45, 2.75) is 64.3 Å². The molecule has 4 saturated carbocycles. The fraction of sp³-hybridized carbons (Fsp3) is 0.652. The van der Waals surface area contributed by atoms with E-state index < -0.39 is 0 Å². The number of carbonyl (C=O) groups excluding carboxylic acids is 2. The lowest BCUT2D eigenvalue weighted by atomic mass is 9.47. The van der Waals surface area contributed by atoms with Crippen LogP contribution in [0.2, 0.25) is 5.02 Å². The largest absolute Gasteiger partial charge is 0.353 e. The van der Waals surface area contributed by atoms with Gasteiger partial charge in [-0.15, -0.1) is 0 Å². The van der Waals surface area contributed by atoms with Crippen LogP contribution in [0, 0.1) is 23.2 Å². The third kappa shape index (κ3) is 3.94. The molecule has 2 N–H and O–H groups in total. The fourth-order valence-electron chi connectivity index (χ4n) is 6.59. The summed E-state index contributed by atoms with van der Waals surface area (Å²) in [5.74, 6) is 2.46. The van der Waals surface area contributed by atoms with Crippen molar-refractivity contribution in [3.8, 4) is 0 Å². The summed E-state index contributed by atoms with van der Waals surface area (Å²) in [6.07, 6.45) is 9.42. The summed E-state index contributed by atoms with van der Waals surface area (Å²) in [6.45, 7) is 2.52. The van der Waals surface area contributed by atoms with Crippen molar-refractivity contribution in [2.75, 3.05) is 6.54 Å².